The third-order valence-electron chi connectivity index (χ3n) is 3.60. The van der Waals surface area contributed by atoms with Gasteiger partial charge in [0.2, 0.25) is 0 Å². The second-order valence-corrected chi connectivity index (χ2v) is 5.15. The Morgan fingerprint density at radius 3 is 2.86 bits per heavy atom. The van der Waals surface area contributed by atoms with Crippen LogP contribution in [-0.4, -0.2) is 22.6 Å². The number of anilines is 1. The molecule has 0 bridgehead atoms. The van der Waals surface area contributed by atoms with Gasteiger partial charge in [-0.15, -0.1) is 0 Å². The number of hydrogen-bond acceptors (Lipinski definition) is 3. The zero-order chi connectivity index (χ0) is 14.8. The number of rotatable bonds is 2. The van der Waals surface area contributed by atoms with E-state index in [0.717, 1.165) is 24.3 Å². The lowest BCUT2D eigenvalue weighted by Gasteiger charge is -2.23. The highest BCUT2D eigenvalue weighted by atomic mass is 19.1. The summed E-state index contributed by atoms with van der Waals surface area (Å²) in [4.78, 5) is 14.1. The Balaban J connectivity index is 1.72. The number of hydrogen-bond donors (Lipinski definition) is 1. The maximum Gasteiger partial charge on any atom is 0.322 e. The van der Waals surface area contributed by atoms with Gasteiger partial charge in [0.15, 0.2) is 0 Å². The van der Waals surface area contributed by atoms with Gasteiger partial charge in [0.25, 0.3) is 0 Å². The fourth-order valence-corrected chi connectivity index (χ4v) is 2.59. The molecule has 0 spiro atoms. The number of nitrogens with zero attached hydrogens (tertiary/aromatic N) is 2. The Labute approximate surface area is 121 Å². The maximum absolute atomic E-state index is 12.9. The van der Waals surface area contributed by atoms with Crippen LogP contribution in [0.5, 0.6) is 0 Å². The molecule has 1 aromatic carbocycles. The van der Waals surface area contributed by atoms with Gasteiger partial charge in [-0.3, -0.25) is 0 Å². The fourth-order valence-electron chi connectivity index (χ4n) is 2.59. The summed E-state index contributed by atoms with van der Waals surface area (Å²) in [6.45, 7) is 2.50. The number of aryl methyl sites for hydroxylation is 1. The number of benzene rings is 1. The zero-order valence-electron chi connectivity index (χ0n) is 11.7. The number of carbonyl (C=O) groups excluding carboxylic acids is 1. The minimum atomic E-state index is -0.329. The van der Waals surface area contributed by atoms with E-state index in [2.05, 4.69) is 10.5 Å². The van der Waals surface area contributed by atoms with Crippen molar-refractivity contribution in [1.82, 2.24) is 10.1 Å². The molecule has 1 N–H and O–H groups in total. The van der Waals surface area contributed by atoms with Gasteiger partial charge in [0.1, 0.15) is 17.3 Å². The number of nitrogens with one attached hydrogen (secondary N) is 1. The van der Waals surface area contributed by atoms with Gasteiger partial charge in [-0.1, -0.05) is 5.16 Å². The summed E-state index contributed by atoms with van der Waals surface area (Å²) in [5.41, 5.74) is 1.35. The quantitative estimate of drug-likeness (QED) is 0.920. The van der Waals surface area contributed by atoms with E-state index in [1.807, 2.05) is 13.0 Å². The smallest absolute Gasteiger partial charge is 0.322 e. The molecule has 0 aliphatic carbocycles. The second kappa shape index (κ2) is 5.55. The van der Waals surface area contributed by atoms with Crippen molar-refractivity contribution in [2.24, 2.45) is 0 Å². The summed E-state index contributed by atoms with van der Waals surface area (Å²) in [6.07, 6.45) is 1.79. The lowest BCUT2D eigenvalue weighted by molar-refractivity contribution is 0.204. The molecule has 5 nitrogen and oxygen atoms in total. The lowest BCUT2D eigenvalue weighted by atomic mass is 10.1. The molecular formula is C15H16FN3O2. The van der Waals surface area contributed by atoms with Crippen LogP contribution in [0.25, 0.3) is 0 Å². The topological polar surface area (TPSA) is 58.4 Å². The van der Waals surface area contributed by atoms with Crippen molar-refractivity contribution < 1.29 is 13.7 Å². The van der Waals surface area contributed by atoms with Crippen molar-refractivity contribution in [3.8, 4) is 0 Å². The number of halogens is 1. The van der Waals surface area contributed by atoms with Crippen molar-refractivity contribution in [3.05, 3.63) is 47.6 Å². The van der Waals surface area contributed by atoms with E-state index >= 15 is 0 Å². The first kappa shape index (κ1) is 13.6. The van der Waals surface area contributed by atoms with Crippen LogP contribution in [0.1, 0.15) is 30.3 Å². The Bertz CT molecular complexity index is 639. The maximum atomic E-state index is 12.9. The van der Waals surface area contributed by atoms with E-state index < -0.39 is 0 Å². The van der Waals surface area contributed by atoms with Crippen molar-refractivity contribution >= 4 is 11.7 Å². The van der Waals surface area contributed by atoms with Crippen LogP contribution in [0.3, 0.4) is 0 Å². The third kappa shape index (κ3) is 2.89. The van der Waals surface area contributed by atoms with Gasteiger partial charge in [0, 0.05) is 18.3 Å². The summed E-state index contributed by atoms with van der Waals surface area (Å²) in [6, 6.07) is 7.30. The minimum absolute atomic E-state index is 0.0668. The number of urea groups is 1. The summed E-state index contributed by atoms with van der Waals surface area (Å²) >= 11 is 0. The summed E-state index contributed by atoms with van der Waals surface area (Å²) in [5, 5.41) is 6.78. The molecule has 1 fully saturated rings. The van der Waals surface area contributed by atoms with Crippen LogP contribution in [-0.2, 0) is 0 Å². The highest BCUT2D eigenvalue weighted by Crippen LogP contribution is 2.31. The predicted octanol–water partition coefficient (Wildman–Crippen LogP) is 3.49. The van der Waals surface area contributed by atoms with Crippen LogP contribution < -0.4 is 5.32 Å². The molecule has 1 aromatic heterocycles. The minimum Gasteiger partial charge on any atom is -0.361 e. The molecular weight excluding hydrogens is 273 g/mol. The van der Waals surface area contributed by atoms with Gasteiger partial charge < -0.3 is 14.7 Å². The Kier molecular flexibility index (Phi) is 3.60. The number of likely N-dealkylation sites (tertiary alicyclic amines) is 1. The molecule has 1 aliphatic heterocycles. The largest absolute Gasteiger partial charge is 0.361 e. The molecule has 6 heteroatoms. The second-order valence-electron chi connectivity index (χ2n) is 5.15. The van der Waals surface area contributed by atoms with Crippen molar-refractivity contribution in [3.63, 3.8) is 0 Å². The average molecular weight is 289 g/mol. The molecule has 3 rings (SSSR count). The molecule has 110 valence electrons. The molecule has 1 aliphatic rings. The van der Waals surface area contributed by atoms with E-state index in [1.54, 1.807) is 17.0 Å². The van der Waals surface area contributed by atoms with E-state index in [-0.39, 0.29) is 17.9 Å². The van der Waals surface area contributed by atoms with Crippen molar-refractivity contribution in [2.45, 2.75) is 25.8 Å². The van der Waals surface area contributed by atoms with Crippen LogP contribution in [0.15, 0.2) is 34.9 Å². The van der Waals surface area contributed by atoms with Gasteiger partial charge in [-0.05, 0) is 44.0 Å². The van der Waals surface area contributed by atoms with E-state index in [9.17, 15) is 9.18 Å². The number of carbonyl (C=O) groups is 1. The molecule has 0 unspecified atom stereocenters. The van der Waals surface area contributed by atoms with Crippen LogP contribution >= 0.6 is 0 Å². The molecule has 2 heterocycles. The first-order valence-corrected chi connectivity index (χ1v) is 6.90. The molecule has 0 radical (unpaired) electrons. The highest BCUT2D eigenvalue weighted by Gasteiger charge is 2.32. The van der Waals surface area contributed by atoms with Gasteiger partial charge >= 0.3 is 6.03 Å². The van der Waals surface area contributed by atoms with E-state index in [1.165, 1.54) is 12.1 Å². The third-order valence-corrected chi connectivity index (χ3v) is 3.60. The Morgan fingerprint density at radius 1 is 1.43 bits per heavy atom. The molecule has 1 saturated heterocycles. The lowest BCUT2D eigenvalue weighted by Crippen LogP contribution is -2.34. The van der Waals surface area contributed by atoms with Gasteiger partial charge in [0.05, 0.1) is 6.04 Å². The highest BCUT2D eigenvalue weighted by molar-refractivity contribution is 5.89. The average Bonchev–Trinajstić information content (AvgIpc) is 3.09. The molecule has 21 heavy (non-hydrogen) atoms. The van der Waals surface area contributed by atoms with Crippen LogP contribution in [0.2, 0.25) is 0 Å². The van der Waals surface area contributed by atoms with Crippen LogP contribution in [0, 0.1) is 12.7 Å². The standard InChI is InChI=1S/C15H16FN3O2/c1-10-9-13(18-21-10)14-3-2-8-19(14)15(20)17-12-6-4-11(16)5-7-12/h4-7,9,14H,2-3,8H2,1H3,(H,17,20)/t14-/m1/s1. The Hall–Kier alpha value is -2.37. The molecule has 1 atom stereocenters. The van der Waals surface area contributed by atoms with Crippen molar-refractivity contribution in [1.29, 1.82) is 0 Å². The zero-order valence-corrected chi connectivity index (χ0v) is 11.7. The van der Waals surface area contributed by atoms with Gasteiger partial charge in [-0.25, -0.2) is 9.18 Å². The van der Waals surface area contributed by atoms with Crippen molar-refractivity contribution in [2.75, 3.05) is 11.9 Å². The fraction of sp³-hybridized carbons (Fsp3) is 0.333. The van der Waals surface area contributed by atoms with Gasteiger partial charge in [-0.2, -0.15) is 0 Å². The molecule has 0 saturated carbocycles. The first-order chi connectivity index (χ1) is 10.1. The summed E-state index contributed by atoms with van der Waals surface area (Å²) < 4.78 is 18.0. The molecule has 2 amide bonds. The summed E-state index contributed by atoms with van der Waals surface area (Å²) in [7, 11) is 0. The Morgan fingerprint density at radius 2 is 2.19 bits per heavy atom. The number of aromatic nitrogens is 1. The monoisotopic (exact) mass is 289 g/mol. The normalized spacial score (nSPS) is 18.0. The summed E-state index contributed by atoms with van der Waals surface area (Å²) in [5.74, 6) is 0.404. The SMILES string of the molecule is Cc1cc([C@H]2CCCN2C(=O)Nc2ccc(F)cc2)no1. The van der Waals surface area contributed by atoms with E-state index in [4.69, 9.17) is 4.52 Å². The number of amides is 2. The molecule has 2 aromatic rings. The van der Waals surface area contributed by atoms with E-state index in [0.29, 0.717) is 12.2 Å². The predicted molar refractivity (Wildman–Crippen MR) is 75.3 cm³/mol. The van der Waals surface area contributed by atoms with Crippen LogP contribution in [0.4, 0.5) is 14.9 Å². The first-order valence-electron chi connectivity index (χ1n) is 6.90.